The molecule has 2 aromatic carbocycles. The molecule has 1 amide bonds. The molecule has 0 aliphatic rings. The van der Waals surface area contributed by atoms with Gasteiger partial charge in [-0.05, 0) is 50.6 Å². The number of anilines is 2. The summed E-state index contributed by atoms with van der Waals surface area (Å²) in [6, 6.07) is 20.8. The topological polar surface area (TPSA) is 76.1 Å². The monoisotopic (exact) mass is 472 g/mol. The molecule has 2 aromatic heterocycles. The van der Waals surface area contributed by atoms with E-state index in [9.17, 15) is 4.79 Å². The van der Waals surface area contributed by atoms with Crippen molar-refractivity contribution < 1.29 is 9.53 Å². The van der Waals surface area contributed by atoms with Crippen LogP contribution in [0.1, 0.15) is 50.7 Å². The molecule has 2 heterocycles. The van der Waals surface area contributed by atoms with E-state index in [-0.39, 0.29) is 11.9 Å². The van der Waals surface area contributed by atoms with Crippen LogP contribution in [0.5, 0.6) is 5.75 Å². The number of hydrogen-bond donors (Lipinski definition) is 2. The number of para-hydroxylation sites is 1. The van der Waals surface area contributed by atoms with Gasteiger partial charge in [-0.2, -0.15) is 0 Å². The van der Waals surface area contributed by atoms with Crippen LogP contribution in [0.15, 0.2) is 66.7 Å². The fourth-order valence-corrected chi connectivity index (χ4v) is 4.89. The highest BCUT2D eigenvalue weighted by molar-refractivity contribution is 7.16. The zero-order valence-electron chi connectivity index (χ0n) is 19.8. The van der Waals surface area contributed by atoms with Gasteiger partial charge in [-0.3, -0.25) is 4.79 Å². The van der Waals surface area contributed by atoms with Gasteiger partial charge in [-0.25, -0.2) is 9.97 Å². The quantitative estimate of drug-likeness (QED) is 0.320. The minimum atomic E-state index is -0.333. The van der Waals surface area contributed by atoms with Crippen LogP contribution in [0.3, 0.4) is 0 Å². The SMILES string of the molecule is CCc1cc([C@H](Nc2nc(C)cc(C)n2)c2ccccc2OC)c(NC(=O)c2ccccc2)s1. The molecule has 174 valence electrons. The number of rotatable bonds is 8. The van der Waals surface area contributed by atoms with Gasteiger partial charge >= 0.3 is 0 Å². The van der Waals surface area contributed by atoms with Gasteiger partial charge in [-0.1, -0.05) is 43.3 Å². The van der Waals surface area contributed by atoms with Crippen LogP contribution in [-0.4, -0.2) is 23.0 Å². The van der Waals surface area contributed by atoms with Crippen LogP contribution in [0.25, 0.3) is 0 Å². The first-order chi connectivity index (χ1) is 16.5. The van der Waals surface area contributed by atoms with E-state index in [0.29, 0.717) is 11.5 Å². The Hall–Kier alpha value is -3.71. The first-order valence-corrected chi connectivity index (χ1v) is 12.0. The average molecular weight is 473 g/mol. The van der Waals surface area contributed by atoms with Crippen molar-refractivity contribution in [3.63, 3.8) is 0 Å². The van der Waals surface area contributed by atoms with E-state index in [4.69, 9.17) is 4.74 Å². The van der Waals surface area contributed by atoms with Crippen LogP contribution in [-0.2, 0) is 6.42 Å². The third-order valence-corrected chi connectivity index (χ3v) is 6.65. The molecule has 0 saturated heterocycles. The molecular formula is C27H28N4O2S. The Balaban J connectivity index is 1.80. The van der Waals surface area contributed by atoms with E-state index in [1.807, 2.05) is 74.5 Å². The molecule has 0 bridgehead atoms. The molecule has 0 fully saturated rings. The van der Waals surface area contributed by atoms with Crippen molar-refractivity contribution in [2.75, 3.05) is 17.7 Å². The predicted molar refractivity (Wildman–Crippen MR) is 138 cm³/mol. The molecule has 0 spiro atoms. The molecule has 0 unspecified atom stereocenters. The number of methoxy groups -OCH3 is 1. The lowest BCUT2D eigenvalue weighted by Crippen LogP contribution is -2.18. The standard InChI is InChI=1S/C27H28N4O2S/c1-5-20-16-22(26(34-20)31-25(32)19-11-7-6-8-12-19)24(21-13-9-10-14-23(21)33-4)30-27-28-17(2)15-18(3)29-27/h6-16,24H,5H2,1-4H3,(H,31,32)(H,28,29,30)/t24-/m1/s1. The van der Waals surface area contributed by atoms with Crippen molar-refractivity contribution in [3.05, 3.63) is 99.7 Å². The number of carbonyl (C=O) groups excluding carboxylic acids is 1. The van der Waals surface area contributed by atoms with Crippen molar-refractivity contribution in [2.24, 2.45) is 0 Å². The van der Waals surface area contributed by atoms with Crippen molar-refractivity contribution >= 4 is 28.2 Å². The number of aromatic nitrogens is 2. The third-order valence-electron chi connectivity index (χ3n) is 5.44. The highest BCUT2D eigenvalue weighted by atomic mass is 32.1. The lowest BCUT2D eigenvalue weighted by molar-refractivity contribution is 0.102. The molecule has 4 aromatic rings. The number of amides is 1. The first kappa shape index (κ1) is 23.4. The van der Waals surface area contributed by atoms with Crippen LogP contribution in [0, 0.1) is 13.8 Å². The van der Waals surface area contributed by atoms with Crippen molar-refractivity contribution in [1.82, 2.24) is 9.97 Å². The Labute approximate surface area is 204 Å². The number of hydrogen-bond acceptors (Lipinski definition) is 6. The number of benzene rings is 2. The molecule has 1 atom stereocenters. The van der Waals surface area contributed by atoms with Crippen LogP contribution >= 0.6 is 11.3 Å². The van der Waals surface area contributed by atoms with Gasteiger partial charge in [0.15, 0.2) is 0 Å². The van der Waals surface area contributed by atoms with Gasteiger partial charge in [0.2, 0.25) is 5.95 Å². The van der Waals surface area contributed by atoms with Crippen molar-refractivity contribution in [1.29, 1.82) is 0 Å². The zero-order chi connectivity index (χ0) is 24.1. The minimum Gasteiger partial charge on any atom is -0.496 e. The van der Waals surface area contributed by atoms with Crippen LogP contribution in [0.2, 0.25) is 0 Å². The van der Waals surface area contributed by atoms with Gasteiger partial charge in [0.05, 0.1) is 13.2 Å². The fraction of sp³-hybridized carbons (Fsp3) is 0.222. The van der Waals surface area contributed by atoms with E-state index >= 15 is 0 Å². The minimum absolute atomic E-state index is 0.146. The molecular weight excluding hydrogens is 444 g/mol. The summed E-state index contributed by atoms with van der Waals surface area (Å²) in [4.78, 5) is 23.4. The number of nitrogens with one attached hydrogen (secondary N) is 2. The highest BCUT2D eigenvalue weighted by Crippen LogP contribution is 2.40. The maximum absolute atomic E-state index is 13.0. The second kappa shape index (κ2) is 10.5. The summed E-state index contributed by atoms with van der Waals surface area (Å²) in [7, 11) is 1.66. The van der Waals surface area contributed by atoms with E-state index in [1.165, 1.54) is 4.88 Å². The van der Waals surface area contributed by atoms with E-state index < -0.39 is 0 Å². The molecule has 4 rings (SSSR count). The fourth-order valence-electron chi connectivity index (χ4n) is 3.86. The summed E-state index contributed by atoms with van der Waals surface area (Å²) >= 11 is 1.58. The molecule has 0 aliphatic carbocycles. The maximum atomic E-state index is 13.0. The Bertz CT molecular complexity index is 1270. The van der Waals surface area contributed by atoms with Crippen molar-refractivity contribution in [3.8, 4) is 5.75 Å². The van der Waals surface area contributed by atoms with E-state index in [2.05, 4.69) is 33.6 Å². The summed E-state index contributed by atoms with van der Waals surface area (Å²) in [5.41, 5.74) is 4.25. The summed E-state index contributed by atoms with van der Waals surface area (Å²) in [6.07, 6.45) is 0.859. The number of nitrogens with zero attached hydrogens (tertiary/aromatic N) is 2. The Morgan fingerprint density at radius 2 is 1.65 bits per heavy atom. The van der Waals surface area contributed by atoms with E-state index in [1.54, 1.807) is 18.4 Å². The van der Waals surface area contributed by atoms with Crippen molar-refractivity contribution in [2.45, 2.75) is 33.2 Å². The summed E-state index contributed by atoms with van der Waals surface area (Å²) in [5, 5.41) is 7.44. The van der Waals surface area contributed by atoms with Gasteiger partial charge in [0, 0.05) is 33.0 Å². The molecule has 0 radical (unpaired) electrons. The lowest BCUT2D eigenvalue weighted by Gasteiger charge is -2.22. The molecule has 34 heavy (non-hydrogen) atoms. The van der Waals surface area contributed by atoms with Crippen LogP contribution in [0.4, 0.5) is 10.9 Å². The smallest absolute Gasteiger partial charge is 0.256 e. The molecule has 6 nitrogen and oxygen atoms in total. The second-order valence-corrected chi connectivity index (χ2v) is 9.10. The second-order valence-electron chi connectivity index (χ2n) is 7.96. The highest BCUT2D eigenvalue weighted by Gasteiger charge is 2.25. The lowest BCUT2D eigenvalue weighted by atomic mass is 9.98. The molecule has 2 N–H and O–H groups in total. The Morgan fingerprint density at radius 3 is 2.32 bits per heavy atom. The van der Waals surface area contributed by atoms with Gasteiger partial charge in [0.1, 0.15) is 10.8 Å². The largest absolute Gasteiger partial charge is 0.496 e. The molecule has 0 aliphatic heterocycles. The first-order valence-electron chi connectivity index (χ1n) is 11.2. The zero-order valence-corrected chi connectivity index (χ0v) is 20.6. The van der Waals surface area contributed by atoms with Gasteiger partial charge in [-0.15, -0.1) is 11.3 Å². The Kier molecular flexibility index (Phi) is 7.23. The number of carbonyl (C=O) groups is 1. The number of thiophene rings is 1. The Morgan fingerprint density at radius 1 is 0.971 bits per heavy atom. The predicted octanol–water partition coefficient (Wildman–Crippen LogP) is 6.18. The number of ether oxygens (including phenoxy) is 1. The summed E-state index contributed by atoms with van der Waals surface area (Å²) in [6.45, 7) is 6.00. The van der Waals surface area contributed by atoms with Gasteiger partial charge < -0.3 is 15.4 Å². The van der Waals surface area contributed by atoms with Gasteiger partial charge in [0.25, 0.3) is 5.91 Å². The molecule has 7 heteroatoms. The maximum Gasteiger partial charge on any atom is 0.256 e. The molecule has 0 saturated carbocycles. The summed E-state index contributed by atoms with van der Waals surface area (Å²) in [5.74, 6) is 1.12. The normalized spacial score (nSPS) is 11.6. The third kappa shape index (κ3) is 5.26. The number of aryl methyl sites for hydroxylation is 3. The summed E-state index contributed by atoms with van der Waals surface area (Å²) < 4.78 is 5.69. The average Bonchev–Trinajstić information content (AvgIpc) is 3.25. The van der Waals surface area contributed by atoms with Crippen LogP contribution < -0.4 is 15.4 Å². The van der Waals surface area contributed by atoms with E-state index in [0.717, 1.165) is 39.7 Å².